The number of carbonyl (C=O) groups is 1. The number of halogens is 2. The smallest absolute Gasteiger partial charge is 0.387 e. The summed E-state index contributed by atoms with van der Waals surface area (Å²) in [5.41, 5.74) is 5.94. The van der Waals surface area contributed by atoms with Crippen molar-refractivity contribution in [1.29, 1.82) is 0 Å². The van der Waals surface area contributed by atoms with Crippen molar-refractivity contribution in [2.24, 2.45) is 10.7 Å². The standard InChI is InChI=1S/C19H17F2N3O2/c1-3-12-11-14(9-10-15(12)26-17(20)21)19(13-7-5-4-6-8-13)16(25)24(2)18(22)23-19/h3-11,17H,1H2,2H3,(H2,22,23)/t19-/m0/s1. The van der Waals surface area contributed by atoms with Crippen molar-refractivity contribution in [2.75, 3.05) is 7.05 Å². The largest absolute Gasteiger partial charge is 0.434 e. The van der Waals surface area contributed by atoms with E-state index in [2.05, 4.69) is 16.3 Å². The van der Waals surface area contributed by atoms with E-state index in [9.17, 15) is 13.6 Å². The normalized spacial score (nSPS) is 19.6. The molecule has 0 radical (unpaired) electrons. The molecule has 0 fully saturated rings. The van der Waals surface area contributed by atoms with Crippen molar-refractivity contribution < 1.29 is 18.3 Å². The first-order valence-electron chi connectivity index (χ1n) is 7.81. The number of likely N-dealkylation sites (N-methyl/N-ethyl adjacent to an activating group) is 1. The van der Waals surface area contributed by atoms with Crippen LogP contribution in [0.25, 0.3) is 6.08 Å². The van der Waals surface area contributed by atoms with E-state index in [4.69, 9.17) is 5.73 Å². The zero-order chi connectivity index (χ0) is 18.9. The first kappa shape index (κ1) is 17.6. The van der Waals surface area contributed by atoms with Crippen LogP contribution in [-0.2, 0) is 10.3 Å². The molecule has 0 spiro atoms. The SMILES string of the molecule is C=Cc1cc([C@]2(c3ccccc3)N=C(N)N(C)C2=O)ccc1OC(F)F. The average Bonchev–Trinajstić information content (AvgIpc) is 2.87. The van der Waals surface area contributed by atoms with Gasteiger partial charge in [0.25, 0.3) is 5.91 Å². The van der Waals surface area contributed by atoms with Crippen molar-refractivity contribution in [1.82, 2.24) is 4.90 Å². The molecule has 0 aromatic heterocycles. The van der Waals surface area contributed by atoms with Crippen LogP contribution in [0.4, 0.5) is 8.78 Å². The van der Waals surface area contributed by atoms with Gasteiger partial charge in [0.15, 0.2) is 11.5 Å². The van der Waals surface area contributed by atoms with Crippen LogP contribution in [0.1, 0.15) is 16.7 Å². The van der Waals surface area contributed by atoms with Gasteiger partial charge in [-0.3, -0.25) is 9.69 Å². The van der Waals surface area contributed by atoms with Gasteiger partial charge in [-0.1, -0.05) is 49.1 Å². The number of aliphatic imine (C=N–C) groups is 1. The third-order valence-corrected chi connectivity index (χ3v) is 4.30. The van der Waals surface area contributed by atoms with Gasteiger partial charge >= 0.3 is 6.61 Å². The third-order valence-electron chi connectivity index (χ3n) is 4.30. The van der Waals surface area contributed by atoms with Crippen molar-refractivity contribution in [2.45, 2.75) is 12.2 Å². The number of guanidine groups is 1. The molecule has 2 aromatic carbocycles. The Labute approximate surface area is 149 Å². The number of hydrogen-bond donors (Lipinski definition) is 1. The molecule has 0 aliphatic carbocycles. The van der Waals surface area contributed by atoms with Crippen LogP contribution >= 0.6 is 0 Å². The molecule has 26 heavy (non-hydrogen) atoms. The molecule has 1 aliphatic heterocycles. The number of ether oxygens (including phenoxy) is 1. The van der Waals surface area contributed by atoms with Gasteiger partial charge in [-0.05, 0) is 23.3 Å². The van der Waals surface area contributed by atoms with Crippen molar-refractivity contribution in [3.8, 4) is 5.75 Å². The predicted molar refractivity (Wildman–Crippen MR) is 94.8 cm³/mol. The van der Waals surface area contributed by atoms with Gasteiger partial charge in [-0.2, -0.15) is 8.78 Å². The molecule has 5 nitrogen and oxygen atoms in total. The Morgan fingerprint density at radius 3 is 2.46 bits per heavy atom. The summed E-state index contributed by atoms with van der Waals surface area (Å²) in [5.74, 6) is -0.289. The maximum Gasteiger partial charge on any atom is 0.387 e. The Morgan fingerprint density at radius 2 is 1.92 bits per heavy atom. The Kier molecular flexibility index (Phi) is 4.46. The number of alkyl halides is 2. The fourth-order valence-corrected chi connectivity index (χ4v) is 3.00. The summed E-state index contributed by atoms with van der Waals surface area (Å²) in [4.78, 5) is 18.8. The lowest BCUT2D eigenvalue weighted by atomic mass is 9.82. The second kappa shape index (κ2) is 6.59. The summed E-state index contributed by atoms with van der Waals surface area (Å²) in [6.45, 7) is 0.668. The Balaban J connectivity index is 2.22. The van der Waals surface area contributed by atoms with Crippen LogP contribution < -0.4 is 10.5 Å². The van der Waals surface area contributed by atoms with Crippen LogP contribution in [0.15, 0.2) is 60.1 Å². The van der Waals surface area contributed by atoms with Crippen LogP contribution in [0.2, 0.25) is 0 Å². The van der Waals surface area contributed by atoms with E-state index in [-0.39, 0.29) is 17.6 Å². The molecular weight excluding hydrogens is 340 g/mol. The lowest BCUT2D eigenvalue weighted by Gasteiger charge is -2.26. The predicted octanol–water partition coefficient (Wildman–Crippen LogP) is 2.96. The van der Waals surface area contributed by atoms with Crippen molar-refractivity contribution in [3.63, 3.8) is 0 Å². The monoisotopic (exact) mass is 357 g/mol. The van der Waals surface area contributed by atoms with Gasteiger partial charge in [0.1, 0.15) is 5.75 Å². The number of hydrogen-bond acceptors (Lipinski definition) is 4. The molecule has 134 valence electrons. The van der Waals surface area contributed by atoms with Gasteiger partial charge in [0.2, 0.25) is 0 Å². The Bertz CT molecular complexity index is 884. The lowest BCUT2D eigenvalue weighted by molar-refractivity contribution is -0.129. The summed E-state index contributed by atoms with van der Waals surface area (Å²) in [5, 5.41) is 0. The molecule has 0 bridgehead atoms. The Hall–Kier alpha value is -3.22. The van der Waals surface area contributed by atoms with Crippen molar-refractivity contribution >= 4 is 17.9 Å². The minimum Gasteiger partial charge on any atom is -0.434 e. The molecule has 1 heterocycles. The van der Waals surface area contributed by atoms with Gasteiger partial charge in [0, 0.05) is 12.6 Å². The number of amides is 1. The maximum atomic E-state index is 13.1. The molecular formula is C19H17F2N3O2. The molecule has 2 N–H and O–H groups in total. The molecule has 3 rings (SSSR count). The van der Waals surface area contributed by atoms with Gasteiger partial charge in [-0.25, -0.2) is 4.99 Å². The number of rotatable bonds is 5. The summed E-state index contributed by atoms with van der Waals surface area (Å²) in [6.07, 6.45) is 1.39. The van der Waals surface area contributed by atoms with E-state index in [0.29, 0.717) is 16.7 Å². The van der Waals surface area contributed by atoms with E-state index < -0.39 is 12.2 Å². The highest BCUT2D eigenvalue weighted by molar-refractivity contribution is 6.09. The van der Waals surface area contributed by atoms with Crippen LogP contribution in [0.5, 0.6) is 5.75 Å². The summed E-state index contributed by atoms with van der Waals surface area (Å²) < 4.78 is 29.7. The summed E-state index contributed by atoms with van der Waals surface area (Å²) in [7, 11) is 1.54. The van der Waals surface area contributed by atoms with E-state index >= 15 is 0 Å². The number of nitrogens with two attached hydrogens (primary N) is 1. The molecule has 0 saturated carbocycles. The second-order valence-electron chi connectivity index (χ2n) is 5.75. The molecule has 1 amide bonds. The van der Waals surface area contributed by atoms with E-state index in [0.717, 1.165) is 0 Å². The minimum absolute atomic E-state index is 0.0299. The Morgan fingerprint density at radius 1 is 1.23 bits per heavy atom. The fourth-order valence-electron chi connectivity index (χ4n) is 3.00. The van der Waals surface area contributed by atoms with E-state index in [1.54, 1.807) is 30.3 Å². The number of nitrogens with zero attached hydrogens (tertiary/aromatic N) is 2. The molecule has 7 heteroatoms. The highest BCUT2D eigenvalue weighted by Gasteiger charge is 2.49. The quantitative estimate of drug-likeness (QED) is 0.895. The van der Waals surface area contributed by atoms with Crippen LogP contribution in [-0.4, -0.2) is 30.4 Å². The second-order valence-corrected chi connectivity index (χ2v) is 5.75. The van der Waals surface area contributed by atoms with Gasteiger partial charge in [-0.15, -0.1) is 0 Å². The first-order valence-corrected chi connectivity index (χ1v) is 7.81. The molecule has 1 atom stereocenters. The third kappa shape index (κ3) is 2.71. The highest BCUT2D eigenvalue weighted by atomic mass is 19.3. The average molecular weight is 357 g/mol. The zero-order valence-corrected chi connectivity index (χ0v) is 14.0. The summed E-state index contributed by atoms with van der Waals surface area (Å²) in [6, 6.07) is 13.4. The first-order chi connectivity index (χ1) is 12.4. The number of benzene rings is 2. The van der Waals surface area contributed by atoms with Crippen molar-refractivity contribution in [3.05, 3.63) is 71.8 Å². The van der Waals surface area contributed by atoms with Crippen LogP contribution in [0.3, 0.4) is 0 Å². The topological polar surface area (TPSA) is 67.9 Å². The zero-order valence-electron chi connectivity index (χ0n) is 14.0. The van der Waals surface area contributed by atoms with E-state index in [1.165, 1.54) is 30.2 Å². The molecule has 1 aliphatic rings. The van der Waals surface area contributed by atoms with Gasteiger partial charge in [0.05, 0.1) is 0 Å². The maximum absolute atomic E-state index is 13.1. The lowest BCUT2D eigenvalue weighted by Crippen LogP contribution is -2.41. The molecule has 2 aromatic rings. The highest BCUT2D eigenvalue weighted by Crippen LogP contribution is 2.40. The van der Waals surface area contributed by atoms with E-state index in [1.807, 2.05) is 6.07 Å². The number of carbonyl (C=O) groups excluding carboxylic acids is 1. The molecule has 0 saturated heterocycles. The summed E-state index contributed by atoms with van der Waals surface area (Å²) >= 11 is 0. The van der Waals surface area contributed by atoms with Crippen LogP contribution in [0, 0.1) is 0 Å². The molecule has 0 unspecified atom stereocenters. The fraction of sp³-hybridized carbons (Fsp3) is 0.158. The minimum atomic E-state index is -2.96. The van der Waals surface area contributed by atoms with Gasteiger partial charge < -0.3 is 10.5 Å².